The number of H-pyrrole nitrogens is 1. The van der Waals surface area contributed by atoms with Gasteiger partial charge in [0.1, 0.15) is 0 Å². The summed E-state index contributed by atoms with van der Waals surface area (Å²) >= 11 is 0. The summed E-state index contributed by atoms with van der Waals surface area (Å²) in [7, 11) is 4.17. The van der Waals surface area contributed by atoms with Gasteiger partial charge in [0.2, 0.25) is 0 Å². The molecule has 6 heteroatoms. The van der Waals surface area contributed by atoms with Crippen molar-refractivity contribution in [3.8, 4) is 0 Å². The van der Waals surface area contributed by atoms with Crippen LogP contribution in [-0.2, 0) is 0 Å². The summed E-state index contributed by atoms with van der Waals surface area (Å²) in [6.07, 6.45) is 3.77. The number of rotatable bonds is 3. The Morgan fingerprint density at radius 2 is 2.29 bits per heavy atom. The van der Waals surface area contributed by atoms with Crippen LogP contribution >= 0.6 is 0 Å². The predicted octanol–water partition coefficient (Wildman–Crippen LogP) is 1.04. The molecule has 1 atom stereocenters. The van der Waals surface area contributed by atoms with Crippen molar-refractivity contribution >= 4 is 22.3 Å². The topological polar surface area (TPSA) is 78.2 Å². The summed E-state index contributed by atoms with van der Waals surface area (Å²) in [5.74, 6) is 0. The number of hydrogen-bond donors (Lipinski definition) is 2. The van der Waals surface area contributed by atoms with E-state index in [1.807, 2.05) is 6.07 Å². The standard InChI is InChI=1S/C15H21N5O/c1-19(2)8-10-4-3-5-20(10)14-7-13-11(6-12(14)16)15(21)18-9-17-13/h6-7,9-10H,3-5,8,16H2,1-2H3,(H,17,18,21). The maximum atomic E-state index is 11.8. The number of benzene rings is 1. The lowest BCUT2D eigenvalue weighted by atomic mass is 10.1. The molecule has 6 nitrogen and oxygen atoms in total. The summed E-state index contributed by atoms with van der Waals surface area (Å²) in [5.41, 5.74) is 8.37. The van der Waals surface area contributed by atoms with Crippen LogP contribution < -0.4 is 16.2 Å². The normalized spacial score (nSPS) is 18.8. The second-order valence-electron chi connectivity index (χ2n) is 5.91. The number of anilines is 2. The largest absolute Gasteiger partial charge is 0.397 e. The Hall–Kier alpha value is -2.08. The van der Waals surface area contributed by atoms with Crippen molar-refractivity contribution in [2.75, 3.05) is 37.8 Å². The molecule has 21 heavy (non-hydrogen) atoms. The summed E-state index contributed by atoms with van der Waals surface area (Å²) < 4.78 is 0. The lowest BCUT2D eigenvalue weighted by Gasteiger charge is -2.30. The molecule has 1 unspecified atom stereocenters. The maximum Gasteiger partial charge on any atom is 0.258 e. The minimum atomic E-state index is -0.149. The molecule has 2 heterocycles. The maximum absolute atomic E-state index is 11.8. The Balaban J connectivity index is 2.03. The molecule has 0 spiro atoms. The number of likely N-dealkylation sites (N-methyl/N-ethyl adjacent to an activating group) is 1. The van der Waals surface area contributed by atoms with Gasteiger partial charge in [-0.3, -0.25) is 4.79 Å². The second kappa shape index (κ2) is 5.37. The number of nitrogens with zero attached hydrogens (tertiary/aromatic N) is 3. The second-order valence-corrected chi connectivity index (χ2v) is 5.91. The van der Waals surface area contributed by atoms with Crippen molar-refractivity contribution in [2.45, 2.75) is 18.9 Å². The van der Waals surface area contributed by atoms with Gasteiger partial charge in [-0.25, -0.2) is 4.98 Å². The lowest BCUT2D eigenvalue weighted by molar-refractivity contribution is 0.372. The lowest BCUT2D eigenvalue weighted by Crippen LogP contribution is -2.37. The molecule has 0 amide bonds. The Kier molecular flexibility index (Phi) is 3.55. The zero-order chi connectivity index (χ0) is 15.0. The third-order valence-corrected chi connectivity index (χ3v) is 4.05. The molecule has 112 valence electrons. The van der Waals surface area contributed by atoms with Gasteiger partial charge in [0.05, 0.1) is 28.6 Å². The molecule has 1 aliphatic heterocycles. The molecule has 1 saturated heterocycles. The molecule has 1 aromatic heterocycles. The molecule has 0 aliphatic carbocycles. The average Bonchev–Trinajstić information content (AvgIpc) is 2.86. The third-order valence-electron chi connectivity index (χ3n) is 4.05. The minimum absolute atomic E-state index is 0.149. The first kappa shape index (κ1) is 13.9. The van der Waals surface area contributed by atoms with Crippen molar-refractivity contribution in [1.82, 2.24) is 14.9 Å². The van der Waals surface area contributed by atoms with E-state index < -0.39 is 0 Å². The first-order valence-corrected chi connectivity index (χ1v) is 7.24. The number of aromatic nitrogens is 2. The molecule has 1 aromatic carbocycles. The SMILES string of the molecule is CN(C)CC1CCCN1c1cc2nc[nH]c(=O)c2cc1N. The Labute approximate surface area is 123 Å². The smallest absolute Gasteiger partial charge is 0.258 e. The number of nitrogen functional groups attached to an aromatic ring is 1. The van der Waals surface area contributed by atoms with Crippen molar-refractivity contribution in [3.05, 3.63) is 28.8 Å². The number of fused-ring (bicyclic) bond motifs is 1. The van der Waals surface area contributed by atoms with Crippen LogP contribution in [0.4, 0.5) is 11.4 Å². The predicted molar refractivity (Wildman–Crippen MR) is 85.7 cm³/mol. The monoisotopic (exact) mass is 287 g/mol. The van der Waals surface area contributed by atoms with E-state index in [1.165, 1.54) is 19.2 Å². The van der Waals surface area contributed by atoms with Crippen LogP contribution in [0.2, 0.25) is 0 Å². The molecule has 3 N–H and O–H groups in total. The van der Waals surface area contributed by atoms with Gasteiger partial charge < -0.3 is 20.5 Å². The molecule has 2 aromatic rings. The van der Waals surface area contributed by atoms with E-state index in [-0.39, 0.29) is 5.56 Å². The van der Waals surface area contributed by atoms with Gasteiger partial charge in [0.15, 0.2) is 0 Å². The molecular weight excluding hydrogens is 266 g/mol. The van der Waals surface area contributed by atoms with Crippen molar-refractivity contribution in [2.24, 2.45) is 0 Å². The number of nitrogens with two attached hydrogens (primary N) is 1. The zero-order valence-electron chi connectivity index (χ0n) is 12.5. The van der Waals surface area contributed by atoms with Crippen LogP contribution in [0.3, 0.4) is 0 Å². The summed E-state index contributed by atoms with van der Waals surface area (Å²) in [4.78, 5) is 23.2. The first-order valence-electron chi connectivity index (χ1n) is 7.24. The molecule has 1 aliphatic rings. The van der Waals surface area contributed by atoms with Gasteiger partial charge >= 0.3 is 0 Å². The molecule has 1 fully saturated rings. The molecular formula is C15H21N5O. The fraction of sp³-hybridized carbons (Fsp3) is 0.467. The molecule has 0 radical (unpaired) electrons. The quantitative estimate of drug-likeness (QED) is 0.825. The fourth-order valence-electron chi connectivity index (χ4n) is 3.13. The Bertz CT molecular complexity index is 709. The van der Waals surface area contributed by atoms with Crippen LogP contribution in [-0.4, -0.2) is 48.1 Å². The highest BCUT2D eigenvalue weighted by Gasteiger charge is 2.26. The first-order chi connectivity index (χ1) is 10.1. The summed E-state index contributed by atoms with van der Waals surface area (Å²) in [6.45, 7) is 2.00. The average molecular weight is 287 g/mol. The Morgan fingerprint density at radius 3 is 3.05 bits per heavy atom. The molecule has 3 rings (SSSR count). The molecule has 0 saturated carbocycles. The van der Waals surface area contributed by atoms with E-state index in [2.05, 4.69) is 33.9 Å². The summed E-state index contributed by atoms with van der Waals surface area (Å²) in [5, 5.41) is 0.544. The van der Waals surface area contributed by atoms with Crippen LogP contribution in [0.5, 0.6) is 0 Å². The van der Waals surface area contributed by atoms with Gasteiger partial charge in [-0.15, -0.1) is 0 Å². The van der Waals surface area contributed by atoms with E-state index in [4.69, 9.17) is 5.73 Å². The van der Waals surface area contributed by atoms with Crippen molar-refractivity contribution in [3.63, 3.8) is 0 Å². The highest BCUT2D eigenvalue weighted by Crippen LogP contribution is 2.32. The highest BCUT2D eigenvalue weighted by molar-refractivity contribution is 5.88. The van der Waals surface area contributed by atoms with E-state index in [0.717, 1.165) is 18.8 Å². The summed E-state index contributed by atoms with van der Waals surface area (Å²) in [6, 6.07) is 4.14. The van der Waals surface area contributed by atoms with Gasteiger partial charge in [0, 0.05) is 19.1 Å². The Morgan fingerprint density at radius 1 is 1.48 bits per heavy atom. The fourth-order valence-corrected chi connectivity index (χ4v) is 3.13. The van der Waals surface area contributed by atoms with E-state index >= 15 is 0 Å². The van der Waals surface area contributed by atoms with E-state index in [9.17, 15) is 4.79 Å². The minimum Gasteiger partial charge on any atom is -0.397 e. The van der Waals surface area contributed by atoms with Gasteiger partial charge in [-0.2, -0.15) is 0 Å². The van der Waals surface area contributed by atoms with Gasteiger partial charge in [-0.1, -0.05) is 0 Å². The van der Waals surface area contributed by atoms with Crippen LogP contribution in [0.15, 0.2) is 23.3 Å². The van der Waals surface area contributed by atoms with Crippen LogP contribution in [0.25, 0.3) is 10.9 Å². The van der Waals surface area contributed by atoms with E-state index in [0.29, 0.717) is 22.6 Å². The van der Waals surface area contributed by atoms with Crippen LogP contribution in [0.1, 0.15) is 12.8 Å². The van der Waals surface area contributed by atoms with Gasteiger partial charge in [-0.05, 0) is 39.1 Å². The number of nitrogens with one attached hydrogen (secondary N) is 1. The third kappa shape index (κ3) is 2.58. The van der Waals surface area contributed by atoms with Crippen LogP contribution in [0, 0.1) is 0 Å². The van der Waals surface area contributed by atoms with Crippen molar-refractivity contribution < 1.29 is 0 Å². The molecule has 0 bridgehead atoms. The zero-order valence-corrected chi connectivity index (χ0v) is 12.5. The number of hydrogen-bond acceptors (Lipinski definition) is 5. The van der Waals surface area contributed by atoms with Crippen molar-refractivity contribution in [1.29, 1.82) is 0 Å². The number of aromatic amines is 1. The van der Waals surface area contributed by atoms with Gasteiger partial charge in [0.25, 0.3) is 5.56 Å². The van der Waals surface area contributed by atoms with E-state index in [1.54, 1.807) is 6.07 Å². The highest BCUT2D eigenvalue weighted by atomic mass is 16.1.